The van der Waals surface area contributed by atoms with E-state index in [1.807, 2.05) is 64.1 Å². The molecule has 1 aliphatic heterocycles. The van der Waals surface area contributed by atoms with Crippen LogP contribution in [0.2, 0.25) is 0 Å². The van der Waals surface area contributed by atoms with Crippen LogP contribution in [0.4, 0.5) is 5.69 Å². The van der Waals surface area contributed by atoms with Crippen molar-refractivity contribution in [3.05, 3.63) is 73.3 Å². The van der Waals surface area contributed by atoms with Gasteiger partial charge in [-0.15, -0.1) is 16.8 Å². The first-order valence-corrected chi connectivity index (χ1v) is 11.0. The van der Waals surface area contributed by atoms with Crippen molar-refractivity contribution in [2.24, 2.45) is 0 Å². The normalized spacial score (nSPS) is 14.0. The van der Waals surface area contributed by atoms with E-state index in [1.54, 1.807) is 0 Å². The number of allylic oxidation sites excluding steroid dienone is 1. The Morgan fingerprint density at radius 2 is 1.63 bits per heavy atom. The Hall–Kier alpha value is -3.06. The highest BCUT2D eigenvalue weighted by Crippen LogP contribution is 2.24. The van der Waals surface area contributed by atoms with Gasteiger partial charge < -0.3 is 9.80 Å². The van der Waals surface area contributed by atoms with Gasteiger partial charge in [0.1, 0.15) is 0 Å². The van der Waals surface area contributed by atoms with Crippen LogP contribution in [0.5, 0.6) is 0 Å². The van der Waals surface area contributed by atoms with Crippen molar-refractivity contribution >= 4 is 23.4 Å². The maximum absolute atomic E-state index is 12.8. The molecule has 0 aliphatic carbocycles. The number of nitrogens with zero attached hydrogens (tertiary/aromatic N) is 5. The Bertz CT molecular complexity index is 981. The van der Waals surface area contributed by atoms with E-state index in [0.717, 1.165) is 42.7 Å². The third kappa shape index (κ3) is 4.57. The lowest BCUT2D eigenvalue weighted by Crippen LogP contribution is -2.49. The molecule has 0 radical (unpaired) electrons. The maximum atomic E-state index is 12.8. The molecule has 0 spiro atoms. The van der Waals surface area contributed by atoms with Gasteiger partial charge in [0.25, 0.3) is 0 Å². The number of carbonyl (C=O) groups is 1. The van der Waals surface area contributed by atoms with Crippen molar-refractivity contribution in [2.75, 3.05) is 36.8 Å². The number of benzene rings is 2. The quantitative estimate of drug-likeness (QED) is 0.433. The molecule has 2 aromatic carbocycles. The van der Waals surface area contributed by atoms with Crippen molar-refractivity contribution in [1.82, 2.24) is 19.7 Å². The topological polar surface area (TPSA) is 54.3 Å². The van der Waals surface area contributed by atoms with E-state index in [4.69, 9.17) is 0 Å². The molecule has 0 N–H and O–H groups in total. The summed E-state index contributed by atoms with van der Waals surface area (Å²) < 4.78 is 2.01. The first-order chi connectivity index (χ1) is 14.8. The van der Waals surface area contributed by atoms with Gasteiger partial charge in [0.2, 0.25) is 5.91 Å². The van der Waals surface area contributed by atoms with Crippen LogP contribution in [0.15, 0.2) is 78.5 Å². The van der Waals surface area contributed by atoms with Gasteiger partial charge in [-0.05, 0) is 12.1 Å². The molecule has 1 aromatic heterocycles. The van der Waals surface area contributed by atoms with E-state index < -0.39 is 0 Å². The first kappa shape index (κ1) is 20.2. The van der Waals surface area contributed by atoms with Gasteiger partial charge in [-0.2, -0.15) is 0 Å². The number of anilines is 1. The predicted octanol–water partition coefficient (Wildman–Crippen LogP) is 3.57. The summed E-state index contributed by atoms with van der Waals surface area (Å²) in [6.07, 6.45) is 1.82. The summed E-state index contributed by atoms with van der Waals surface area (Å²) >= 11 is 1.44. The number of carbonyl (C=O) groups excluding carboxylic acids is 1. The number of rotatable bonds is 7. The minimum Gasteiger partial charge on any atom is -0.368 e. The molecular formula is C23H25N5OS. The summed E-state index contributed by atoms with van der Waals surface area (Å²) in [5, 5.41) is 9.42. The van der Waals surface area contributed by atoms with Gasteiger partial charge in [0, 0.05) is 44.0 Å². The lowest BCUT2D eigenvalue weighted by atomic mass is 10.2. The van der Waals surface area contributed by atoms with Crippen LogP contribution in [-0.4, -0.2) is 57.5 Å². The summed E-state index contributed by atoms with van der Waals surface area (Å²) in [5.41, 5.74) is 2.21. The second kappa shape index (κ2) is 9.63. The molecule has 6 nitrogen and oxygen atoms in total. The average Bonchev–Trinajstić information content (AvgIpc) is 3.21. The van der Waals surface area contributed by atoms with Crippen LogP contribution >= 0.6 is 11.8 Å². The van der Waals surface area contributed by atoms with Crippen LogP contribution in [0, 0.1) is 0 Å². The largest absolute Gasteiger partial charge is 0.368 e. The summed E-state index contributed by atoms with van der Waals surface area (Å²) in [4.78, 5) is 17.0. The SMILES string of the molecule is C=CCn1c(SCC(=O)N2CCN(c3ccccc3)CC2)nnc1-c1ccccc1. The fraction of sp³-hybridized carbons (Fsp3) is 0.261. The Labute approximate surface area is 181 Å². The zero-order chi connectivity index (χ0) is 20.8. The molecule has 1 fully saturated rings. The molecule has 30 heavy (non-hydrogen) atoms. The number of amides is 1. The number of hydrogen-bond donors (Lipinski definition) is 0. The number of para-hydroxylation sites is 1. The van der Waals surface area contributed by atoms with E-state index in [-0.39, 0.29) is 5.91 Å². The highest BCUT2D eigenvalue weighted by Gasteiger charge is 2.22. The molecule has 2 heterocycles. The van der Waals surface area contributed by atoms with E-state index in [9.17, 15) is 4.79 Å². The smallest absolute Gasteiger partial charge is 0.233 e. The van der Waals surface area contributed by atoms with Gasteiger partial charge in [-0.3, -0.25) is 9.36 Å². The van der Waals surface area contributed by atoms with Crippen molar-refractivity contribution in [1.29, 1.82) is 0 Å². The molecule has 154 valence electrons. The van der Waals surface area contributed by atoms with Gasteiger partial charge in [0.15, 0.2) is 11.0 Å². The minimum atomic E-state index is 0.141. The van der Waals surface area contributed by atoms with Crippen molar-refractivity contribution in [2.45, 2.75) is 11.7 Å². The Morgan fingerprint density at radius 1 is 0.967 bits per heavy atom. The zero-order valence-corrected chi connectivity index (χ0v) is 17.7. The molecule has 7 heteroatoms. The Morgan fingerprint density at radius 3 is 2.30 bits per heavy atom. The molecule has 0 bridgehead atoms. The molecule has 1 aliphatic rings. The lowest BCUT2D eigenvalue weighted by Gasteiger charge is -2.36. The molecule has 4 rings (SSSR count). The van der Waals surface area contributed by atoms with Crippen molar-refractivity contribution in [3.8, 4) is 11.4 Å². The zero-order valence-electron chi connectivity index (χ0n) is 16.9. The molecule has 0 saturated carbocycles. The standard InChI is InChI=1S/C23H25N5OS/c1-2-13-28-22(19-9-5-3-6-10-19)24-25-23(28)30-18-21(29)27-16-14-26(15-17-27)20-11-7-4-8-12-20/h2-12H,1,13-18H2. The molecule has 0 unspecified atom stereocenters. The Kier molecular flexibility index (Phi) is 6.49. The molecule has 1 saturated heterocycles. The average molecular weight is 420 g/mol. The third-order valence-corrected chi connectivity index (χ3v) is 6.09. The molecule has 0 atom stereocenters. The van der Waals surface area contributed by atoms with Crippen LogP contribution in [0.25, 0.3) is 11.4 Å². The van der Waals surface area contributed by atoms with Crippen LogP contribution in [-0.2, 0) is 11.3 Å². The highest BCUT2D eigenvalue weighted by atomic mass is 32.2. The van der Waals surface area contributed by atoms with Gasteiger partial charge in [0.05, 0.1) is 5.75 Å². The third-order valence-electron chi connectivity index (χ3n) is 5.14. The monoisotopic (exact) mass is 419 g/mol. The van der Waals surface area contributed by atoms with Crippen LogP contribution in [0.1, 0.15) is 0 Å². The van der Waals surface area contributed by atoms with Crippen LogP contribution < -0.4 is 4.90 Å². The van der Waals surface area contributed by atoms with E-state index in [0.29, 0.717) is 12.3 Å². The predicted molar refractivity (Wildman–Crippen MR) is 122 cm³/mol. The van der Waals surface area contributed by atoms with E-state index >= 15 is 0 Å². The second-order valence-electron chi connectivity index (χ2n) is 7.06. The van der Waals surface area contributed by atoms with Gasteiger partial charge >= 0.3 is 0 Å². The number of hydrogen-bond acceptors (Lipinski definition) is 5. The summed E-state index contributed by atoms with van der Waals surface area (Å²) in [6, 6.07) is 20.3. The van der Waals surface area contributed by atoms with Gasteiger partial charge in [-0.1, -0.05) is 66.4 Å². The number of aromatic nitrogens is 3. The van der Waals surface area contributed by atoms with E-state index in [1.165, 1.54) is 17.4 Å². The van der Waals surface area contributed by atoms with Crippen LogP contribution in [0.3, 0.4) is 0 Å². The minimum absolute atomic E-state index is 0.141. The maximum Gasteiger partial charge on any atom is 0.233 e. The number of piperazine rings is 1. The van der Waals surface area contributed by atoms with Crippen molar-refractivity contribution in [3.63, 3.8) is 0 Å². The summed E-state index contributed by atoms with van der Waals surface area (Å²) in [6.45, 7) is 7.63. The summed E-state index contributed by atoms with van der Waals surface area (Å²) in [7, 11) is 0. The second-order valence-corrected chi connectivity index (χ2v) is 8.01. The first-order valence-electron chi connectivity index (χ1n) is 10.1. The number of thioether (sulfide) groups is 1. The lowest BCUT2D eigenvalue weighted by molar-refractivity contribution is -0.128. The van der Waals surface area contributed by atoms with E-state index in [2.05, 4.69) is 33.8 Å². The molecular weight excluding hydrogens is 394 g/mol. The van der Waals surface area contributed by atoms with Crippen molar-refractivity contribution < 1.29 is 4.79 Å². The fourth-order valence-electron chi connectivity index (χ4n) is 3.56. The fourth-order valence-corrected chi connectivity index (χ4v) is 4.41. The Balaban J connectivity index is 1.36. The van der Waals surface area contributed by atoms with Gasteiger partial charge in [-0.25, -0.2) is 0 Å². The molecule has 3 aromatic rings. The molecule has 1 amide bonds. The highest BCUT2D eigenvalue weighted by molar-refractivity contribution is 7.99. The summed E-state index contributed by atoms with van der Waals surface area (Å²) in [5.74, 6) is 1.29.